The van der Waals surface area contributed by atoms with Gasteiger partial charge < -0.3 is 9.47 Å². The minimum Gasteiger partial charge on any atom is -0.347 e. The number of amides is 1. The Balaban J connectivity index is 2.52. The fourth-order valence-corrected chi connectivity index (χ4v) is 2.27. The molecule has 0 aliphatic heterocycles. The number of rotatable bonds is 4. The summed E-state index contributed by atoms with van der Waals surface area (Å²) in [7, 11) is 3.46. The summed E-state index contributed by atoms with van der Waals surface area (Å²) < 4.78 is 1.88. The first-order valence-electron chi connectivity index (χ1n) is 5.94. The van der Waals surface area contributed by atoms with E-state index in [-0.39, 0.29) is 12.5 Å². The summed E-state index contributed by atoms with van der Waals surface area (Å²) >= 11 is 11.9. The zero-order chi connectivity index (χ0) is 14.0. The quantitative estimate of drug-likeness (QED) is 0.814. The number of halogens is 2. The summed E-state index contributed by atoms with van der Waals surface area (Å²) in [5.74, 6) is 1.25. The number of aryl methyl sites for hydroxylation is 1. The zero-order valence-electron chi connectivity index (χ0n) is 10.9. The predicted molar refractivity (Wildman–Crippen MR) is 77.9 cm³/mol. The number of likely N-dealkylation sites (N-methyl/N-ethyl adjacent to an activating group) is 1. The van der Waals surface area contributed by atoms with Gasteiger partial charge in [0.1, 0.15) is 17.9 Å². The summed E-state index contributed by atoms with van der Waals surface area (Å²) in [6.45, 7) is 0.246. The molecule has 1 heterocycles. The minimum atomic E-state index is 0.00935. The van der Waals surface area contributed by atoms with Gasteiger partial charge in [0.2, 0.25) is 5.91 Å². The number of benzene rings is 1. The highest BCUT2D eigenvalue weighted by atomic mass is 35.5. The van der Waals surface area contributed by atoms with Gasteiger partial charge in [0, 0.05) is 26.4 Å². The number of aromatic nitrogens is 2. The number of carbonyl (C=O) groups excluding carboxylic acids is 1. The number of imidazole rings is 1. The Morgan fingerprint density at radius 1 is 1.42 bits per heavy atom. The Morgan fingerprint density at radius 3 is 2.79 bits per heavy atom. The second-order valence-electron chi connectivity index (χ2n) is 4.45. The third-order valence-corrected chi connectivity index (χ3v) is 3.41. The van der Waals surface area contributed by atoms with E-state index < -0.39 is 0 Å². The molecule has 2 aromatic rings. The Morgan fingerprint density at radius 2 is 2.16 bits per heavy atom. The summed E-state index contributed by atoms with van der Waals surface area (Å²) in [6.07, 6.45) is 0.604. The van der Waals surface area contributed by atoms with Gasteiger partial charge >= 0.3 is 0 Å². The average Bonchev–Trinajstić information content (AvgIpc) is 2.70. The monoisotopic (exact) mass is 299 g/mol. The van der Waals surface area contributed by atoms with Crippen LogP contribution in [0.4, 0.5) is 0 Å². The van der Waals surface area contributed by atoms with E-state index in [0.717, 1.165) is 16.9 Å². The lowest BCUT2D eigenvalue weighted by atomic mass is 10.3. The molecule has 0 fully saturated rings. The maximum atomic E-state index is 11.9. The van der Waals surface area contributed by atoms with Crippen LogP contribution in [0, 0.1) is 0 Å². The Hall–Kier alpha value is -1.26. The summed E-state index contributed by atoms with van der Waals surface area (Å²) in [5, 5.41) is 0.587. The molecule has 0 aliphatic carbocycles. The normalized spacial score (nSPS) is 10.9. The molecule has 19 heavy (non-hydrogen) atoms. The molecule has 0 atom stereocenters. The Kier molecular flexibility index (Phi) is 4.32. The number of hydrogen-bond donors (Lipinski definition) is 0. The number of para-hydroxylation sites is 1. The van der Waals surface area contributed by atoms with Crippen molar-refractivity contribution < 1.29 is 4.79 Å². The maximum Gasteiger partial charge on any atom is 0.242 e. The van der Waals surface area contributed by atoms with Crippen LogP contribution in [0.25, 0.3) is 11.0 Å². The average molecular weight is 300 g/mol. The molecule has 0 saturated heterocycles. The van der Waals surface area contributed by atoms with Crippen LogP contribution in [0.5, 0.6) is 0 Å². The van der Waals surface area contributed by atoms with Gasteiger partial charge in [0.05, 0.1) is 10.5 Å². The van der Waals surface area contributed by atoms with Crippen molar-refractivity contribution in [3.8, 4) is 0 Å². The first-order chi connectivity index (χ1) is 9.04. The van der Waals surface area contributed by atoms with Gasteiger partial charge in [0.25, 0.3) is 0 Å². The van der Waals surface area contributed by atoms with E-state index in [1.807, 2.05) is 16.7 Å². The standard InChI is InChI=1S/C13H15Cl2N3O/c1-17(2)12(19)8-18-10-5-3-4-9(15)13(10)16-11(18)6-7-14/h3-5H,6-8H2,1-2H3. The number of hydrogen-bond acceptors (Lipinski definition) is 2. The van der Waals surface area contributed by atoms with Crippen LogP contribution in [0.2, 0.25) is 5.02 Å². The van der Waals surface area contributed by atoms with E-state index >= 15 is 0 Å². The molecule has 4 nitrogen and oxygen atoms in total. The van der Waals surface area contributed by atoms with E-state index in [1.165, 1.54) is 0 Å². The molecule has 102 valence electrons. The summed E-state index contributed by atoms with van der Waals surface area (Å²) in [6, 6.07) is 5.56. The Labute approximate surface area is 121 Å². The number of fused-ring (bicyclic) bond motifs is 1. The molecule has 0 aliphatic rings. The smallest absolute Gasteiger partial charge is 0.242 e. The molecule has 1 aromatic carbocycles. The van der Waals surface area contributed by atoms with Crippen molar-refractivity contribution >= 4 is 40.1 Å². The summed E-state index contributed by atoms with van der Waals surface area (Å²) in [5.41, 5.74) is 1.58. The largest absolute Gasteiger partial charge is 0.347 e. The van der Waals surface area contributed by atoms with Gasteiger partial charge in [-0.1, -0.05) is 17.7 Å². The van der Waals surface area contributed by atoms with Crippen LogP contribution < -0.4 is 0 Å². The topological polar surface area (TPSA) is 38.1 Å². The molecular weight excluding hydrogens is 285 g/mol. The van der Waals surface area contributed by atoms with Gasteiger partial charge in [-0.25, -0.2) is 4.98 Å². The van der Waals surface area contributed by atoms with Gasteiger partial charge in [-0.3, -0.25) is 4.79 Å². The first-order valence-corrected chi connectivity index (χ1v) is 6.85. The molecule has 1 aromatic heterocycles. The van der Waals surface area contributed by atoms with E-state index in [1.54, 1.807) is 25.1 Å². The number of alkyl halides is 1. The molecule has 0 unspecified atom stereocenters. The molecule has 0 spiro atoms. The minimum absolute atomic E-state index is 0.00935. The third-order valence-electron chi connectivity index (χ3n) is 2.92. The van der Waals surface area contributed by atoms with Crippen LogP contribution >= 0.6 is 23.2 Å². The molecule has 6 heteroatoms. The lowest BCUT2D eigenvalue weighted by Crippen LogP contribution is -2.27. The molecular formula is C13H15Cl2N3O. The molecule has 2 rings (SSSR count). The second kappa shape index (κ2) is 5.80. The van der Waals surface area contributed by atoms with Crippen LogP contribution in [0.3, 0.4) is 0 Å². The number of nitrogens with zero attached hydrogens (tertiary/aromatic N) is 3. The van der Waals surface area contributed by atoms with E-state index in [2.05, 4.69) is 4.98 Å². The fraction of sp³-hybridized carbons (Fsp3) is 0.385. The SMILES string of the molecule is CN(C)C(=O)Cn1c(CCCl)nc2c(Cl)cccc21. The molecule has 1 amide bonds. The van der Waals surface area contributed by atoms with Gasteiger partial charge in [-0.15, -0.1) is 11.6 Å². The van der Waals surface area contributed by atoms with Crippen molar-refractivity contribution in [2.45, 2.75) is 13.0 Å². The maximum absolute atomic E-state index is 11.9. The van der Waals surface area contributed by atoms with Crippen LogP contribution in [0.1, 0.15) is 5.82 Å². The highest BCUT2D eigenvalue weighted by molar-refractivity contribution is 6.34. The number of carbonyl (C=O) groups is 1. The van der Waals surface area contributed by atoms with Crippen LogP contribution in [-0.2, 0) is 17.8 Å². The van der Waals surface area contributed by atoms with Gasteiger partial charge in [-0.2, -0.15) is 0 Å². The van der Waals surface area contributed by atoms with E-state index in [9.17, 15) is 4.79 Å². The summed E-state index contributed by atoms with van der Waals surface area (Å²) in [4.78, 5) is 18.0. The van der Waals surface area contributed by atoms with Crippen molar-refractivity contribution in [1.29, 1.82) is 0 Å². The fourth-order valence-electron chi connectivity index (χ4n) is 1.89. The van der Waals surface area contributed by atoms with Crippen molar-refractivity contribution in [2.75, 3.05) is 20.0 Å². The molecule has 0 saturated carbocycles. The zero-order valence-corrected chi connectivity index (χ0v) is 12.4. The Bertz CT molecular complexity index is 607. The third kappa shape index (κ3) is 2.85. The van der Waals surface area contributed by atoms with Crippen LogP contribution in [-0.4, -0.2) is 40.3 Å². The van der Waals surface area contributed by atoms with Crippen molar-refractivity contribution in [3.63, 3.8) is 0 Å². The second-order valence-corrected chi connectivity index (χ2v) is 5.23. The highest BCUT2D eigenvalue weighted by Gasteiger charge is 2.15. The van der Waals surface area contributed by atoms with Crippen molar-refractivity contribution in [2.24, 2.45) is 0 Å². The van der Waals surface area contributed by atoms with Gasteiger partial charge in [0.15, 0.2) is 0 Å². The predicted octanol–water partition coefficient (Wildman–Crippen LogP) is 2.56. The molecule has 0 bridgehead atoms. The lowest BCUT2D eigenvalue weighted by molar-refractivity contribution is -0.129. The van der Waals surface area contributed by atoms with E-state index in [0.29, 0.717) is 17.3 Å². The highest BCUT2D eigenvalue weighted by Crippen LogP contribution is 2.24. The van der Waals surface area contributed by atoms with Gasteiger partial charge in [-0.05, 0) is 12.1 Å². The molecule has 0 radical (unpaired) electrons. The first kappa shape index (κ1) is 14.2. The lowest BCUT2D eigenvalue weighted by Gasteiger charge is -2.13. The molecule has 0 N–H and O–H groups in total. The van der Waals surface area contributed by atoms with Crippen molar-refractivity contribution in [3.05, 3.63) is 29.0 Å². The van der Waals surface area contributed by atoms with Crippen molar-refractivity contribution in [1.82, 2.24) is 14.5 Å². The van der Waals surface area contributed by atoms with Crippen LogP contribution in [0.15, 0.2) is 18.2 Å². The van der Waals surface area contributed by atoms with E-state index in [4.69, 9.17) is 23.2 Å².